The molecule has 1 aromatic carbocycles. The molecule has 2 amide bonds. The molecule has 1 fully saturated rings. The molecular weight excluding hydrogens is 380 g/mol. The van der Waals surface area contributed by atoms with Gasteiger partial charge in [-0.3, -0.25) is 4.79 Å². The van der Waals surface area contributed by atoms with Crippen LogP contribution in [0, 0.1) is 0 Å². The third-order valence-corrected chi connectivity index (χ3v) is 4.64. The van der Waals surface area contributed by atoms with Crippen LogP contribution in [0.5, 0.6) is 0 Å². The number of likely N-dealkylation sites (tertiary alicyclic amines) is 1. The fourth-order valence-corrected chi connectivity index (χ4v) is 3.26. The van der Waals surface area contributed by atoms with Crippen molar-refractivity contribution in [2.75, 3.05) is 13.1 Å². The zero-order valence-corrected chi connectivity index (χ0v) is 17.1. The number of carbonyl (C=O) groups is 2. The van der Waals surface area contributed by atoms with Crippen molar-refractivity contribution in [2.24, 2.45) is 0 Å². The van der Waals surface area contributed by atoms with Crippen molar-refractivity contribution >= 4 is 23.6 Å². The number of aromatic nitrogens is 2. The van der Waals surface area contributed by atoms with Crippen molar-refractivity contribution in [1.29, 1.82) is 0 Å². The Balaban J connectivity index is 1.55. The van der Waals surface area contributed by atoms with Crippen LogP contribution < -0.4 is 5.32 Å². The highest BCUT2D eigenvalue weighted by atomic mass is 35.5. The van der Waals surface area contributed by atoms with Crippen LogP contribution in [0.1, 0.15) is 44.0 Å². The van der Waals surface area contributed by atoms with Crippen molar-refractivity contribution in [3.8, 4) is 5.69 Å². The van der Waals surface area contributed by atoms with Gasteiger partial charge in [-0.15, -0.1) is 0 Å². The Hall–Kier alpha value is -2.54. The number of hydrogen-bond acceptors (Lipinski definition) is 4. The Labute approximate surface area is 169 Å². The van der Waals surface area contributed by atoms with E-state index in [0.29, 0.717) is 36.5 Å². The van der Waals surface area contributed by atoms with Gasteiger partial charge in [-0.2, -0.15) is 5.10 Å². The van der Waals surface area contributed by atoms with Gasteiger partial charge >= 0.3 is 6.09 Å². The predicted molar refractivity (Wildman–Crippen MR) is 107 cm³/mol. The summed E-state index contributed by atoms with van der Waals surface area (Å²) in [4.78, 5) is 26.4. The van der Waals surface area contributed by atoms with Crippen molar-refractivity contribution in [3.05, 3.63) is 47.2 Å². The lowest BCUT2D eigenvalue weighted by Crippen LogP contribution is -2.47. The molecule has 1 aliphatic heterocycles. The molecule has 28 heavy (non-hydrogen) atoms. The average molecular weight is 405 g/mol. The zero-order valence-electron chi connectivity index (χ0n) is 16.3. The smallest absolute Gasteiger partial charge is 0.407 e. The molecule has 2 heterocycles. The maximum absolute atomic E-state index is 12.8. The largest absolute Gasteiger partial charge is 0.444 e. The van der Waals surface area contributed by atoms with Crippen LogP contribution in [0.25, 0.3) is 5.69 Å². The molecule has 0 bridgehead atoms. The summed E-state index contributed by atoms with van der Waals surface area (Å²) in [5, 5.41) is 7.76. The first-order chi connectivity index (χ1) is 13.2. The van der Waals surface area contributed by atoms with Gasteiger partial charge in [-0.25, -0.2) is 9.48 Å². The molecule has 8 heteroatoms. The first-order valence-corrected chi connectivity index (χ1v) is 9.68. The minimum atomic E-state index is -0.524. The van der Waals surface area contributed by atoms with Crippen molar-refractivity contribution < 1.29 is 14.3 Å². The number of nitrogens with zero attached hydrogens (tertiary/aromatic N) is 3. The van der Waals surface area contributed by atoms with Gasteiger partial charge in [0.15, 0.2) is 0 Å². The summed E-state index contributed by atoms with van der Waals surface area (Å²) in [6.45, 7) is 6.63. The molecule has 1 aliphatic rings. The van der Waals surface area contributed by atoms with Crippen LogP contribution in [0.15, 0.2) is 36.7 Å². The number of carbonyl (C=O) groups excluding carboxylic acids is 2. The average Bonchev–Trinajstić information content (AvgIpc) is 3.10. The standard InChI is InChI=1S/C20H25ClN4O3/c1-20(2,3)28-19(27)23-16-7-9-24(10-8-16)18(26)14-12-22-25(13-14)17-6-4-5-15(21)11-17/h4-6,11-13,16H,7-10H2,1-3H3,(H,23,27). The lowest BCUT2D eigenvalue weighted by Gasteiger charge is -2.32. The molecule has 0 aliphatic carbocycles. The molecule has 0 radical (unpaired) electrons. The van der Waals surface area contributed by atoms with Gasteiger partial charge in [-0.1, -0.05) is 17.7 Å². The molecule has 1 saturated heterocycles. The van der Waals surface area contributed by atoms with Crippen LogP contribution in [-0.2, 0) is 4.74 Å². The Morgan fingerprint density at radius 2 is 1.96 bits per heavy atom. The quantitative estimate of drug-likeness (QED) is 0.847. The van der Waals surface area contributed by atoms with E-state index in [2.05, 4.69) is 10.4 Å². The molecule has 2 aromatic rings. The summed E-state index contributed by atoms with van der Waals surface area (Å²) in [6.07, 6.45) is 4.23. The van der Waals surface area contributed by atoms with E-state index in [9.17, 15) is 9.59 Å². The molecule has 0 spiro atoms. The number of nitrogens with one attached hydrogen (secondary N) is 1. The molecule has 0 unspecified atom stereocenters. The second kappa shape index (κ2) is 8.22. The third kappa shape index (κ3) is 5.25. The lowest BCUT2D eigenvalue weighted by molar-refractivity contribution is 0.0473. The molecule has 1 N–H and O–H groups in total. The summed E-state index contributed by atoms with van der Waals surface area (Å²) in [5.41, 5.74) is 0.800. The number of hydrogen-bond donors (Lipinski definition) is 1. The summed E-state index contributed by atoms with van der Waals surface area (Å²) in [7, 11) is 0. The SMILES string of the molecule is CC(C)(C)OC(=O)NC1CCN(C(=O)c2cnn(-c3cccc(Cl)c3)c2)CC1. The molecule has 0 atom stereocenters. The topological polar surface area (TPSA) is 76.5 Å². The van der Waals surface area contributed by atoms with Gasteiger partial charge < -0.3 is 15.0 Å². The maximum Gasteiger partial charge on any atom is 0.407 e. The van der Waals surface area contributed by atoms with Crippen LogP contribution in [-0.4, -0.2) is 51.4 Å². The van der Waals surface area contributed by atoms with Crippen LogP contribution in [0.4, 0.5) is 4.79 Å². The lowest BCUT2D eigenvalue weighted by atomic mass is 10.0. The van der Waals surface area contributed by atoms with E-state index in [-0.39, 0.29) is 11.9 Å². The van der Waals surface area contributed by atoms with Crippen LogP contribution >= 0.6 is 11.6 Å². The van der Waals surface area contributed by atoms with Crippen molar-refractivity contribution in [2.45, 2.75) is 45.3 Å². The van der Waals surface area contributed by atoms with E-state index in [1.807, 2.05) is 32.9 Å². The first kappa shape index (κ1) is 20.2. The Morgan fingerprint density at radius 1 is 1.25 bits per heavy atom. The Bertz CT molecular complexity index is 851. The van der Waals surface area contributed by atoms with Gasteiger partial charge in [0.25, 0.3) is 5.91 Å². The second-order valence-electron chi connectivity index (χ2n) is 7.87. The first-order valence-electron chi connectivity index (χ1n) is 9.31. The highest BCUT2D eigenvalue weighted by Crippen LogP contribution is 2.18. The van der Waals surface area contributed by atoms with E-state index in [4.69, 9.17) is 16.3 Å². The summed E-state index contributed by atoms with van der Waals surface area (Å²) in [5.74, 6) is -0.0657. The highest BCUT2D eigenvalue weighted by Gasteiger charge is 2.26. The number of benzene rings is 1. The summed E-state index contributed by atoms with van der Waals surface area (Å²) >= 11 is 6.02. The van der Waals surface area contributed by atoms with E-state index in [0.717, 1.165) is 5.69 Å². The number of rotatable bonds is 3. The van der Waals surface area contributed by atoms with Gasteiger partial charge in [0.2, 0.25) is 0 Å². The molecule has 0 saturated carbocycles. The summed E-state index contributed by atoms with van der Waals surface area (Å²) < 4.78 is 6.92. The van der Waals surface area contributed by atoms with E-state index in [1.54, 1.807) is 34.1 Å². The molecule has 150 valence electrons. The fraction of sp³-hybridized carbons (Fsp3) is 0.450. The molecule has 3 rings (SSSR count). The van der Waals surface area contributed by atoms with Gasteiger partial charge in [0.1, 0.15) is 5.60 Å². The van der Waals surface area contributed by atoms with Gasteiger partial charge in [0.05, 0.1) is 17.4 Å². The number of halogens is 1. The van der Waals surface area contributed by atoms with Crippen LogP contribution in [0.3, 0.4) is 0 Å². The molecule has 1 aromatic heterocycles. The monoisotopic (exact) mass is 404 g/mol. The number of ether oxygens (including phenoxy) is 1. The predicted octanol–water partition coefficient (Wildman–Crippen LogP) is 3.66. The second-order valence-corrected chi connectivity index (χ2v) is 8.30. The van der Waals surface area contributed by atoms with E-state index < -0.39 is 11.7 Å². The Kier molecular flexibility index (Phi) is 5.93. The zero-order chi connectivity index (χ0) is 20.3. The number of amides is 2. The van der Waals surface area contributed by atoms with Crippen molar-refractivity contribution in [1.82, 2.24) is 20.0 Å². The maximum atomic E-state index is 12.8. The molecular formula is C20H25ClN4O3. The van der Waals surface area contributed by atoms with Crippen molar-refractivity contribution in [3.63, 3.8) is 0 Å². The van der Waals surface area contributed by atoms with E-state index in [1.165, 1.54) is 0 Å². The van der Waals surface area contributed by atoms with Crippen LogP contribution in [0.2, 0.25) is 5.02 Å². The minimum Gasteiger partial charge on any atom is -0.444 e. The highest BCUT2D eigenvalue weighted by molar-refractivity contribution is 6.30. The summed E-state index contributed by atoms with van der Waals surface area (Å²) in [6, 6.07) is 7.30. The van der Waals surface area contributed by atoms with E-state index >= 15 is 0 Å². The molecule has 7 nitrogen and oxygen atoms in total. The van der Waals surface area contributed by atoms with Gasteiger partial charge in [-0.05, 0) is 51.8 Å². The fourth-order valence-electron chi connectivity index (χ4n) is 3.08. The van der Waals surface area contributed by atoms with Gasteiger partial charge in [0, 0.05) is 30.4 Å². The number of alkyl carbamates (subject to hydrolysis) is 1. The number of piperidine rings is 1. The normalized spacial score (nSPS) is 15.4. The Morgan fingerprint density at radius 3 is 2.61 bits per heavy atom. The minimum absolute atomic E-state index is 0.00749. The third-order valence-electron chi connectivity index (χ3n) is 4.41.